The van der Waals surface area contributed by atoms with E-state index in [4.69, 9.17) is 9.47 Å². The minimum Gasteiger partial charge on any atom is -0.497 e. The number of carbonyl (C=O) groups excluding carboxylic acids is 1. The Morgan fingerprint density at radius 1 is 1.42 bits per heavy atom. The summed E-state index contributed by atoms with van der Waals surface area (Å²) >= 11 is 0. The number of allylic oxidation sites excluding steroid dienone is 2. The van der Waals surface area contributed by atoms with E-state index in [-0.39, 0.29) is 11.9 Å². The molecule has 1 aliphatic carbocycles. The van der Waals surface area contributed by atoms with Crippen molar-refractivity contribution in [1.29, 1.82) is 0 Å². The molecule has 19 heavy (non-hydrogen) atoms. The van der Waals surface area contributed by atoms with E-state index in [0.717, 1.165) is 41.1 Å². The number of carbonyl (C=O) groups is 1. The molecule has 0 saturated heterocycles. The highest BCUT2D eigenvalue weighted by Gasteiger charge is 2.32. The van der Waals surface area contributed by atoms with Crippen LogP contribution in [-0.4, -0.2) is 12.9 Å². The summed E-state index contributed by atoms with van der Waals surface area (Å²) in [6, 6.07) is 5.76. The van der Waals surface area contributed by atoms with Gasteiger partial charge in [0.25, 0.3) is 0 Å². The van der Waals surface area contributed by atoms with Gasteiger partial charge in [-0.1, -0.05) is 12.6 Å². The van der Waals surface area contributed by atoms with Gasteiger partial charge in [-0.3, -0.25) is 4.79 Å². The maximum Gasteiger partial charge on any atom is 0.166 e. The van der Waals surface area contributed by atoms with Gasteiger partial charge in [-0.2, -0.15) is 0 Å². The summed E-state index contributed by atoms with van der Waals surface area (Å²) in [6.07, 6.45) is 3.87. The van der Waals surface area contributed by atoms with E-state index in [2.05, 4.69) is 6.58 Å². The molecule has 3 heteroatoms. The third kappa shape index (κ3) is 1.86. The Bertz CT molecular complexity index is 584. The van der Waals surface area contributed by atoms with Crippen molar-refractivity contribution in [2.45, 2.75) is 25.4 Å². The molecule has 0 radical (unpaired) electrons. The zero-order valence-corrected chi connectivity index (χ0v) is 10.9. The van der Waals surface area contributed by atoms with Gasteiger partial charge in [0.1, 0.15) is 17.6 Å². The molecule has 1 heterocycles. The van der Waals surface area contributed by atoms with E-state index >= 15 is 0 Å². The molecule has 0 aromatic heterocycles. The molecule has 1 atom stereocenters. The number of benzene rings is 1. The van der Waals surface area contributed by atoms with Gasteiger partial charge in [-0.15, -0.1) is 0 Å². The summed E-state index contributed by atoms with van der Waals surface area (Å²) in [6.45, 7) is 3.82. The van der Waals surface area contributed by atoms with Crippen LogP contribution in [0.1, 0.15) is 36.5 Å². The van der Waals surface area contributed by atoms with Gasteiger partial charge in [0.2, 0.25) is 0 Å². The lowest BCUT2D eigenvalue weighted by atomic mass is 9.84. The first-order valence-corrected chi connectivity index (χ1v) is 6.48. The average molecular weight is 256 g/mol. The van der Waals surface area contributed by atoms with Crippen molar-refractivity contribution in [2.24, 2.45) is 0 Å². The molecule has 3 nitrogen and oxygen atoms in total. The summed E-state index contributed by atoms with van der Waals surface area (Å²) in [5.74, 6) is 1.73. The molecule has 3 rings (SSSR count). The predicted molar refractivity (Wildman–Crippen MR) is 72.8 cm³/mol. The SMILES string of the molecule is C=CC1OC2=C(C(=O)CCC2)c2cc(OC)ccc21. The second-order valence-corrected chi connectivity index (χ2v) is 4.80. The van der Waals surface area contributed by atoms with Crippen molar-refractivity contribution in [3.8, 4) is 5.75 Å². The van der Waals surface area contributed by atoms with Crippen molar-refractivity contribution >= 4 is 11.4 Å². The topological polar surface area (TPSA) is 35.5 Å². The van der Waals surface area contributed by atoms with Crippen LogP contribution < -0.4 is 4.74 Å². The van der Waals surface area contributed by atoms with E-state index < -0.39 is 0 Å². The molecule has 0 saturated carbocycles. The highest BCUT2D eigenvalue weighted by atomic mass is 16.5. The van der Waals surface area contributed by atoms with Gasteiger partial charge in [-0.25, -0.2) is 0 Å². The zero-order valence-electron chi connectivity index (χ0n) is 10.9. The van der Waals surface area contributed by atoms with E-state index in [9.17, 15) is 4.79 Å². The van der Waals surface area contributed by atoms with Crippen LogP contribution in [0.2, 0.25) is 0 Å². The summed E-state index contributed by atoms with van der Waals surface area (Å²) < 4.78 is 11.2. The molecular formula is C16H16O3. The molecule has 0 spiro atoms. The van der Waals surface area contributed by atoms with Gasteiger partial charge < -0.3 is 9.47 Å². The molecule has 0 bridgehead atoms. The molecule has 0 fully saturated rings. The second kappa shape index (κ2) is 4.57. The van der Waals surface area contributed by atoms with Crippen LogP contribution in [0.25, 0.3) is 5.57 Å². The Kier molecular flexibility index (Phi) is 2.90. The summed E-state index contributed by atoms with van der Waals surface area (Å²) in [4.78, 5) is 12.2. The first-order valence-electron chi connectivity index (χ1n) is 6.48. The number of hydrogen-bond donors (Lipinski definition) is 0. The fourth-order valence-corrected chi connectivity index (χ4v) is 2.75. The van der Waals surface area contributed by atoms with Crippen LogP contribution >= 0.6 is 0 Å². The van der Waals surface area contributed by atoms with Gasteiger partial charge in [0, 0.05) is 18.4 Å². The van der Waals surface area contributed by atoms with Crippen molar-refractivity contribution in [3.05, 3.63) is 47.7 Å². The quantitative estimate of drug-likeness (QED) is 0.761. The van der Waals surface area contributed by atoms with Gasteiger partial charge >= 0.3 is 0 Å². The molecule has 98 valence electrons. The fourth-order valence-electron chi connectivity index (χ4n) is 2.75. The lowest BCUT2D eigenvalue weighted by Gasteiger charge is -2.31. The normalized spacial score (nSPS) is 21.3. The van der Waals surface area contributed by atoms with E-state index in [1.807, 2.05) is 18.2 Å². The molecule has 1 aliphatic heterocycles. The Balaban J connectivity index is 2.21. The smallest absolute Gasteiger partial charge is 0.166 e. The van der Waals surface area contributed by atoms with E-state index in [0.29, 0.717) is 6.42 Å². The number of hydrogen-bond acceptors (Lipinski definition) is 3. The molecule has 1 unspecified atom stereocenters. The van der Waals surface area contributed by atoms with E-state index in [1.165, 1.54) is 0 Å². The van der Waals surface area contributed by atoms with Crippen molar-refractivity contribution in [2.75, 3.05) is 7.11 Å². The first-order chi connectivity index (χ1) is 9.24. The molecule has 0 N–H and O–H groups in total. The molecule has 1 aromatic rings. The summed E-state index contributed by atoms with van der Waals surface area (Å²) in [5.41, 5.74) is 2.67. The van der Waals surface area contributed by atoms with Crippen molar-refractivity contribution in [3.63, 3.8) is 0 Å². The monoisotopic (exact) mass is 256 g/mol. The summed E-state index contributed by atoms with van der Waals surface area (Å²) in [5, 5.41) is 0. The Hall–Kier alpha value is -2.03. The third-order valence-corrected chi connectivity index (χ3v) is 3.68. The van der Waals surface area contributed by atoms with Gasteiger partial charge in [-0.05, 0) is 30.2 Å². The number of methoxy groups -OCH3 is 1. The average Bonchev–Trinajstić information content (AvgIpc) is 2.45. The molecular weight excluding hydrogens is 240 g/mol. The number of rotatable bonds is 2. The molecule has 0 amide bonds. The lowest BCUT2D eigenvalue weighted by Crippen LogP contribution is -2.20. The van der Waals surface area contributed by atoms with Crippen molar-refractivity contribution in [1.82, 2.24) is 0 Å². The fraction of sp³-hybridized carbons (Fsp3) is 0.312. The van der Waals surface area contributed by atoms with Crippen LogP contribution in [0.15, 0.2) is 36.6 Å². The maximum absolute atomic E-state index is 12.2. The minimum absolute atomic E-state index is 0.165. The van der Waals surface area contributed by atoms with Crippen molar-refractivity contribution < 1.29 is 14.3 Å². The highest BCUT2D eigenvalue weighted by molar-refractivity contribution is 6.22. The number of fused-ring (bicyclic) bond motifs is 2. The highest BCUT2D eigenvalue weighted by Crippen LogP contribution is 2.43. The predicted octanol–water partition coefficient (Wildman–Crippen LogP) is 3.42. The van der Waals surface area contributed by atoms with Crippen LogP contribution in [0, 0.1) is 0 Å². The van der Waals surface area contributed by atoms with E-state index in [1.54, 1.807) is 13.2 Å². The summed E-state index contributed by atoms with van der Waals surface area (Å²) in [7, 11) is 1.63. The number of ether oxygens (including phenoxy) is 2. The number of ketones is 1. The zero-order chi connectivity index (χ0) is 13.4. The molecule has 1 aromatic carbocycles. The third-order valence-electron chi connectivity index (χ3n) is 3.68. The standard InChI is InChI=1S/C16H16O3/c1-3-14-11-8-7-10(18-2)9-12(11)16-13(17)5-4-6-15(16)19-14/h3,7-9,14H,1,4-6H2,2H3. The lowest BCUT2D eigenvalue weighted by molar-refractivity contribution is -0.114. The number of Topliss-reactive ketones (excluding diaryl/α,β-unsaturated/α-hetero) is 1. The Morgan fingerprint density at radius 2 is 2.26 bits per heavy atom. The van der Waals surface area contributed by atoms with Crippen LogP contribution in [0.3, 0.4) is 0 Å². The van der Waals surface area contributed by atoms with Crippen LogP contribution in [0.4, 0.5) is 0 Å². The van der Waals surface area contributed by atoms with Crippen LogP contribution in [0.5, 0.6) is 5.75 Å². The molecule has 2 aliphatic rings. The largest absolute Gasteiger partial charge is 0.497 e. The first kappa shape index (κ1) is 12.0. The maximum atomic E-state index is 12.2. The second-order valence-electron chi connectivity index (χ2n) is 4.80. The Labute approximate surface area is 112 Å². The van der Waals surface area contributed by atoms with Gasteiger partial charge in [0.15, 0.2) is 5.78 Å². The van der Waals surface area contributed by atoms with Gasteiger partial charge in [0.05, 0.1) is 12.7 Å². The Morgan fingerprint density at radius 3 is 3.00 bits per heavy atom. The van der Waals surface area contributed by atoms with Crippen LogP contribution in [-0.2, 0) is 9.53 Å². The minimum atomic E-state index is -0.175.